The van der Waals surface area contributed by atoms with E-state index in [0.717, 1.165) is 11.1 Å². The summed E-state index contributed by atoms with van der Waals surface area (Å²) in [5.74, 6) is 0.438. The summed E-state index contributed by atoms with van der Waals surface area (Å²) in [5.41, 5.74) is 7.66. The van der Waals surface area contributed by atoms with Crippen LogP contribution in [0.3, 0.4) is 0 Å². The van der Waals surface area contributed by atoms with Gasteiger partial charge in [0.2, 0.25) is 5.91 Å². The number of hydrogen-bond acceptors (Lipinski definition) is 4. The van der Waals surface area contributed by atoms with Crippen LogP contribution < -0.4 is 15.8 Å². The van der Waals surface area contributed by atoms with E-state index in [1.165, 1.54) is 7.11 Å². The van der Waals surface area contributed by atoms with Gasteiger partial charge in [-0.2, -0.15) is 0 Å². The lowest BCUT2D eigenvalue weighted by atomic mass is 9.97. The molecule has 0 spiro atoms. The maximum absolute atomic E-state index is 12.3. The minimum Gasteiger partial charge on any atom is -0.496 e. The third-order valence-electron chi connectivity index (χ3n) is 3.55. The standard InChI is InChI=1S/C18H22N2O3.ClH/c1-22-12-15(19)18(21)20-17(13-8-4-3-5-9-13)14-10-6-7-11-16(14)23-2;/h3-11,15,17H,12,19H2,1-2H3,(H,20,21);1H. The van der Waals surface area contributed by atoms with E-state index in [9.17, 15) is 4.79 Å². The number of para-hydroxylation sites is 1. The maximum atomic E-state index is 12.3. The molecule has 5 nitrogen and oxygen atoms in total. The van der Waals surface area contributed by atoms with Gasteiger partial charge >= 0.3 is 0 Å². The minimum absolute atomic E-state index is 0. The normalized spacial score (nSPS) is 12.6. The Morgan fingerprint density at radius 1 is 1.08 bits per heavy atom. The van der Waals surface area contributed by atoms with E-state index >= 15 is 0 Å². The molecule has 0 aliphatic rings. The first kappa shape index (κ1) is 20.0. The number of methoxy groups -OCH3 is 2. The molecule has 2 unspecified atom stereocenters. The van der Waals surface area contributed by atoms with Crippen molar-refractivity contribution in [2.75, 3.05) is 20.8 Å². The van der Waals surface area contributed by atoms with Crippen molar-refractivity contribution in [3.63, 3.8) is 0 Å². The topological polar surface area (TPSA) is 73.6 Å². The summed E-state index contributed by atoms with van der Waals surface area (Å²) in [5, 5.41) is 2.98. The molecule has 0 heterocycles. The number of ether oxygens (including phenoxy) is 2. The van der Waals surface area contributed by atoms with Crippen LogP contribution in [0.25, 0.3) is 0 Å². The third kappa shape index (κ3) is 4.96. The van der Waals surface area contributed by atoms with Crippen LogP contribution in [0.2, 0.25) is 0 Å². The average molecular weight is 351 g/mol. The quantitative estimate of drug-likeness (QED) is 0.803. The highest BCUT2D eigenvalue weighted by Gasteiger charge is 2.23. The predicted molar refractivity (Wildman–Crippen MR) is 96.5 cm³/mol. The van der Waals surface area contributed by atoms with Gasteiger partial charge in [-0.15, -0.1) is 12.4 Å². The maximum Gasteiger partial charge on any atom is 0.240 e. The first-order valence-corrected chi connectivity index (χ1v) is 7.40. The highest BCUT2D eigenvalue weighted by Crippen LogP contribution is 2.29. The molecule has 2 aromatic carbocycles. The molecule has 3 N–H and O–H groups in total. The van der Waals surface area contributed by atoms with Crippen molar-refractivity contribution in [1.82, 2.24) is 5.32 Å². The van der Waals surface area contributed by atoms with Gasteiger partial charge < -0.3 is 20.5 Å². The van der Waals surface area contributed by atoms with Gasteiger partial charge in [0, 0.05) is 12.7 Å². The summed E-state index contributed by atoms with van der Waals surface area (Å²) < 4.78 is 10.4. The molecule has 0 aromatic heterocycles. The van der Waals surface area contributed by atoms with Crippen LogP contribution in [0, 0.1) is 0 Å². The fourth-order valence-electron chi connectivity index (χ4n) is 2.40. The van der Waals surface area contributed by atoms with Crippen LogP contribution in [0.4, 0.5) is 0 Å². The summed E-state index contributed by atoms with van der Waals surface area (Å²) in [7, 11) is 3.13. The van der Waals surface area contributed by atoms with Crippen molar-refractivity contribution in [1.29, 1.82) is 0 Å². The second kappa shape index (κ2) is 9.93. The van der Waals surface area contributed by atoms with Crippen molar-refractivity contribution in [3.05, 3.63) is 65.7 Å². The highest BCUT2D eigenvalue weighted by molar-refractivity contribution is 5.85. The number of halogens is 1. The monoisotopic (exact) mass is 350 g/mol. The average Bonchev–Trinajstić information content (AvgIpc) is 2.60. The number of rotatable bonds is 7. The first-order valence-electron chi connectivity index (χ1n) is 7.40. The molecular formula is C18H23ClN2O3. The second-order valence-electron chi connectivity index (χ2n) is 5.16. The third-order valence-corrected chi connectivity index (χ3v) is 3.55. The molecule has 2 rings (SSSR count). The lowest BCUT2D eigenvalue weighted by Gasteiger charge is -2.23. The molecule has 0 radical (unpaired) electrons. The lowest BCUT2D eigenvalue weighted by molar-refractivity contribution is -0.123. The van der Waals surface area contributed by atoms with Gasteiger partial charge in [-0.1, -0.05) is 48.5 Å². The Hall–Kier alpha value is -2.08. The molecular weight excluding hydrogens is 328 g/mol. The van der Waals surface area contributed by atoms with Crippen LogP contribution in [-0.4, -0.2) is 32.8 Å². The SMILES string of the molecule is COCC(N)C(=O)NC(c1ccccc1)c1ccccc1OC.Cl. The Morgan fingerprint density at radius 3 is 2.33 bits per heavy atom. The van der Waals surface area contributed by atoms with Gasteiger partial charge in [-0.05, 0) is 11.6 Å². The molecule has 0 fully saturated rings. The van der Waals surface area contributed by atoms with Gasteiger partial charge in [0.1, 0.15) is 11.8 Å². The summed E-state index contributed by atoms with van der Waals surface area (Å²) in [6.07, 6.45) is 0. The van der Waals surface area contributed by atoms with E-state index in [1.54, 1.807) is 7.11 Å². The number of hydrogen-bond donors (Lipinski definition) is 2. The Kier molecular flexibility index (Phi) is 8.26. The predicted octanol–water partition coefficient (Wildman–Crippen LogP) is 2.30. The first-order chi connectivity index (χ1) is 11.2. The zero-order chi connectivity index (χ0) is 16.7. The molecule has 0 saturated heterocycles. The molecule has 0 saturated carbocycles. The molecule has 0 aliphatic carbocycles. The number of carbonyl (C=O) groups excluding carboxylic acids is 1. The summed E-state index contributed by atoms with van der Waals surface area (Å²) in [4.78, 5) is 12.3. The molecule has 6 heteroatoms. The summed E-state index contributed by atoms with van der Waals surface area (Å²) in [6.45, 7) is 0.166. The molecule has 2 aromatic rings. The zero-order valence-corrected chi connectivity index (χ0v) is 14.6. The zero-order valence-electron chi connectivity index (χ0n) is 13.8. The van der Waals surface area contributed by atoms with E-state index in [4.69, 9.17) is 15.2 Å². The van der Waals surface area contributed by atoms with Gasteiger partial charge in [0.05, 0.1) is 19.8 Å². The lowest BCUT2D eigenvalue weighted by Crippen LogP contribution is -2.45. The Morgan fingerprint density at radius 2 is 1.71 bits per heavy atom. The fraction of sp³-hybridized carbons (Fsp3) is 0.278. The number of nitrogens with one attached hydrogen (secondary N) is 1. The highest BCUT2D eigenvalue weighted by atomic mass is 35.5. The van der Waals surface area contributed by atoms with Crippen LogP contribution in [-0.2, 0) is 9.53 Å². The van der Waals surface area contributed by atoms with E-state index in [2.05, 4.69) is 5.32 Å². The van der Waals surface area contributed by atoms with Gasteiger partial charge in [-0.25, -0.2) is 0 Å². The number of carbonyl (C=O) groups is 1. The Balaban J connectivity index is 0.00000288. The van der Waals surface area contributed by atoms with Crippen molar-refractivity contribution in [3.8, 4) is 5.75 Å². The van der Waals surface area contributed by atoms with Gasteiger partial charge in [-0.3, -0.25) is 4.79 Å². The van der Waals surface area contributed by atoms with Gasteiger partial charge in [0.15, 0.2) is 0 Å². The summed E-state index contributed by atoms with van der Waals surface area (Å²) >= 11 is 0. The molecule has 24 heavy (non-hydrogen) atoms. The molecule has 0 aliphatic heterocycles. The number of benzene rings is 2. The van der Waals surface area contributed by atoms with Gasteiger partial charge in [0.25, 0.3) is 0 Å². The molecule has 0 bridgehead atoms. The number of amides is 1. The van der Waals surface area contributed by atoms with Crippen LogP contribution in [0.15, 0.2) is 54.6 Å². The molecule has 130 valence electrons. The molecule has 1 amide bonds. The Bertz CT molecular complexity index is 637. The van der Waals surface area contributed by atoms with E-state index in [1.807, 2.05) is 54.6 Å². The smallest absolute Gasteiger partial charge is 0.240 e. The van der Waals surface area contributed by atoms with Crippen molar-refractivity contribution >= 4 is 18.3 Å². The van der Waals surface area contributed by atoms with Crippen molar-refractivity contribution in [2.24, 2.45) is 5.73 Å². The second-order valence-corrected chi connectivity index (χ2v) is 5.16. The van der Waals surface area contributed by atoms with Crippen LogP contribution >= 0.6 is 12.4 Å². The Labute approximate surface area is 148 Å². The van der Waals surface area contributed by atoms with Crippen molar-refractivity contribution < 1.29 is 14.3 Å². The van der Waals surface area contributed by atoms with Crippen molar-refractivity contribution in [2.45, 2.75) is 12.1 Å². The van der Waals surface area contributed by atoms with Crippen LogP contribution in [0.1, 0.15) is 17.2 Å². The largest absolute Gasteiger partial charge is 0.496 e. The van der Waals surface area contributed by atoms with E-state index in [0.29, 0.717) is 5.75 Å². The number of nitrogens with two attached hydrogens (primary N) is 1. The van der Waals surface area contributed by atoms with E-state index < -0.39 is 6.04 Å². The van der Waals surface area contributed by atoms with E-state index in [-0.39, 0.29) is 31.0 Å². The minimum atomic E-state index is -0.721. The summed E-state index contributed by atoms with van der Waals surface area (Å²) in [6, 6.07) is 16.2. The fourth-order valence-corrected chi connectivity index (χ4v) is 2.40. The van der Waals surface area contributed by atoms with Crippen LogP contribution in [0.5, 0.6) is 5.75 Å². The molecule has 2 atom stereocenters.